The van der Waals surface area contributed by atoms with Crippen molar-refractivity contribution in [1.29, 1.82) is 0 Å². The van der Waals surface area contributed by atoms with Gasteiger partial charge in [-0.05, 0) is 54.0 Å². The average molecular weight is 570 g/mol. The van der Waals surface area contributed by atoms with Gasteiger partial charge >= 0.3 is 6.03 Å². The lowest BCUT2D eigenvalue weighted by Gasteiger charge is -2.26. The van der Waals surface area contributed by atoms with Crippen molar-refractivity contribution in [1.82, 2.24) is 36.3 Å². The molecule has 2 aromatic carbocycles. The Bertz CT molecular complexity index is 1350. The number of para-hydroxylation sites is 1. The number of rotatable bonds is 9. The first-order valence-corrected chi connectivity index (χ1v) is 12.8. The van der Waals surface area contributed by atoms with Crippen LogP contribution in [0.15, 0.2) is 53.5 Å². The highest BCUT2D eigenvalue weighted by molar-refractivity contribution is 6.30. The number of tetrazole rings is 1. The van der Waals surface area contributed by atoms with Gasteiger partial charge < -0.3 is 14.9 Å². The first-order chi connectivity index (χ1) is 19.4. The lowest BCUT2D eigenvalue weighted by Crippen LogP contribution is -2.54. The number of ether oxygens (including phenoxy) is 1. The Morgan fingerprint density at radius 2 is 2.02 bits per heavy atom. The van der Waals surface area contributed by atoms with E-state index < -0.39 is 29.8 Å². The van der Waals surface area contributed by atoms with Crippen molar-refractivity contribution in [3.05, 3.63) is 59.1 Å². The van der Waals surface area contributed by atoms with Gasteiger partial charge in [0.05, 0.1) is 26.1 Å². The number of hydroxylamine groups is 1. The Kier molecular flexibility index (Phi) is 9.46. The minimum Gasteiger partial charge on any atom is -0.496 e. The minimum atomic E-state index is -0.984. The second kappa shape index (κ2) is 13.4. The fourth-order valence-corrected chi connectivity index (χ4v) is 4.15. The monoisotopic (exact) mass is 569 g/mol. The number of aromatic amines is 1. The molecule has 0 bridgehead atoms. The van der Waals surface area contributed by atoms with Crippen molar-refractivity contribution >= 4 is 41.2 Å². The van der Waals surface area contributed by atoms with Crippen LogP contribution in [0.3, 0.4) is 0 Å². The number of carbonyl (C=O) groups is 3. The first kappa shape index (κ1) is 28.3. The Hall–Kier alpha value is -4.72. The highest BCUT2D eigenvalue weighted by Crippen LogP contribution is 2.27. The van der Waals surface area contributed by atoms with Crippen LogP contribution < -0.4 is 25.7 Å². The molecular formula is C25H28ClN9O5. The van der Waals surface area contributed by atoms with E-state index in [9.17, 15) is 14.4 Å². The summed E-state index contributed by atoms with van der Waals surface area (Å²) in [7, 11) is 1.52. The van der Waals surface area contributed by atoms with Gasteiger partial charge in [-0.3, -0.25) is 24.8 Å². The highest BCUT2D eigenvalue weighted by Gasteiger charge is 2.35. The summed E-state index contributed by atoms with van der Waals surface area (Å²) in [6, 6.07) is 12.3. The molecule has 4 amide bonds. The summed E-state index contributed by atoms with van der Waals surface area (Å²) in [5, 5.41) is 18.5. The quantitative estimate of drug-likeness (QED) is 0.281. The molecule has 2 atom stereocenters. The fraction of sp³-hybridized carbons (Fsp3) is 0.320. The number of hydrogen-bond acceptors (Lipinski definition) is 10. The highest BCUT2D eigenvalue weighted by atomic mass is 35.5. The van der Waals surface area contributed by atoms with E-state index in [2.05, 4.69) is 41.7 Å². The molecule has 0 radical (unpaired) electrons. The molecule has 40 heavy (non-hydrogen) atoms. The molecule has 3 aromatic rings. The van der Waals surface area contributed by atoms with Gasteiger partial charge in [-0.1, -0.05) is 41.8 Å². The SMILES string of the molecule is CC[C@@H](NC(=O)N1CC(NOc2ccccc2)=NCC(Cc2cc(Cl)ccc2OC)C1=O)C(=O)Nc1nn[nH]n1. The number of imide groups is 1. The molecule has 0 fully saturated rings. The summed E-state index contributed by atoms with van der Waals surface area (Å²) in [5.41, 5.74) is 3.43. The van der Waals surface area contributed by atoms with Gasteiger partial charge in [-0.15, -0.1) is 5.10 Å². The van der Waals surface area contributed by atoms with Crippen LogP contribution >= 0.6 is 11.6 Å². The van der Waals surface area contributed by atoms with Crippen LogP contribution in [0.4, 0.5) is 10.7 Å². The Morgan fingerprint density at radius 1 is 1.23 bits per heavy atom. The molecule has 1 aromatic heterocycles. The topological polar surface area (TPSA) is 176 Å². The van der Waals surface area contributed by atoms with Crippen LogP contribution in [-0.4, -0.2) is 75.4 Å². The van der Waals surface area contributed by atoms with E-state index >= 15 is 0 Å². The van der Waals surface area contributed by atoms with Crippen LogP contribution in [0.2, 0.25) is 5.02 Å². The van der Waals surface area contributed by atoms with E-state index in [1.165, 1.54) is 7.11 Å². The maximum atomic E-state index is 13.7. The second-order valence-corrected chi connectivity index (χ2v) is 9.16. The molecule has 1 aliphatic heterocycles. The van der Waals surface area contributed by atoms with E-state index in [0.717, 1.165) is 4.90 Å². The summed E-state index contributed by atoms with van der Waals surface area (Å²) >= 11 is 6.19. The van der Waals surface area contributed by atoms with Gasteiger partial charge in [0.25, 0.3) is 5.95 Å². The maximum Gasteiger partial charge on any atom is 0.325 e. The predicted octanol–water partition coefficient (Wildman–Crippen LogP) is 1.97. The number of nitrogens with zero attached hydrogens (tertiary/aromatic N) is 5. The van der Waals surface area contributed by atoms with Crippen LogP contribution in [0.25, 0.3) is 0 Å². The van der Waals surface area contributed by atoms with Crippen LogP contribution in [0.1, 0.15) is 18.9 Å². The molecule has 0 spiro atoms. The van der Waals surface area contributed by atoms with E-state index in [-0.39, 0.29) is 37.7 Å². The number of halogens is 1. The third kappa shape index (κ3) is 7.22. The average Bonchev–Trinajstić information content (AvgIpc) is 3.42. The lowest BCUT2D eigenvalue weighted by atomic mass is 9.97. The Morgan fingerprint density at radius 3 is 2.73 bits per heavy atom. The van der Waals surface area contributed by atoms with E-state index in [0.29, 0.717) is 22.1 Å². The number of aliphatic imine (C=N–C) groups is 1. The van der Waals surface area contributed by atoms with Gasteiger partial charge in [0.2, 0.25) is 11.8 Å². The summed E-state index contributed by atoms with van der Waals surface area (Å²) in [6.45, 7) is 1.55. The second-order valence-electron chi connectivity index (χ2n) is 8.72. The molecule has 15 heteroatoms. The zero-order valence-electron chi connectivity index (χ0n) is 21.8. The first-order valence-electron chi connectivity index (χ1n) is 12.4. The summed E-state index contributed by atoms with van der Waals surface area (Å²) in [4.78, 5) is 51.0. The van der Waals surface area contributed by atoms with Crippen molar-refractivity contribution in [2.45, 2.75) is 25.8 Å². The zero-order chi connectivity index (χ0) is 28.5. The summed E-state index contributed by atoms with van der Waals surface area (Å²) in [5.74, 6) is -0.528. The summed E-state index contributed by atoms with van der Waals surface area (Å²) < 4.78 is 5.44. The van der Waals surface area contributed by atoms with E-state index in [1.54, 1.807) is 49.4 Å². The number of anilines is 1. The smallest absolute Gasteiger partial charge is 0.325 e. The van der Waals surface area contributed by atoms with Crippen molar-refractivity contribution < 1.29 is 24.0 Å². The molecule has 4 N–H and O–H groups in total. The molecule has 0 saturated carbocycles. The number of hydrogen-bond donors (Lipinski definition) is 4. The molecular weight excluding hydrogens is 542 g/mol. The van der Waals surface area contributed by atoms with Gasteiger partial charge in [0.15, 0.2) is 11.6 Å². The number of H-pyrrole nitrogens is 1. The standard InChI is InChI=1S/C25H28ClN9O5/c1-3-19(22(36)29-24-30-33-34-31-24)28-25(38)35-14-21(32-40-18-7-5-4-6-8-18)27-13-16(23(35)37)11-15-12-17(26)9-10-20(15)39-2/h4-10,12,16,19H,3,11,13-14H2,1-2H3,(H,27,32)(H,28,38)(H2,29,30,31,33,34,36)/t16?,19-/m1/s1. The molecule has 1 aliphatic rings. The summed E-state index contributed by atoms with van der Waals surface area (Å²) in [6.07, 6.45) is 0.440. The van der Waals surface area contributed by atoms with E-state index in [1.807, 2.05) is 6.07 Å². The number of benzene rings is 2. The van der Waals surface area contributed by atoms with E-state index in [4.69, 9.17) is 21.2 Å². The molecule has 0 aliphatic carbocycles. The van der Waals surface area contributed by atoms with Gasteiger partial charge in [-0.25, -0.2) is 10.3 Å². The third-order valence-electron chi connectivity index (χ3n) is 6.01. The third-order valence-corrected chi connectivity index (χ3v) is 6.25. The van der Waals surface area contributed by atoms with Crippen molar-refractivity contribution in [3.63, 3.8) is 0 Å². The molecule has 210 valence electrons. The number of aromatic nitrogens is 4. The van der Waals surface area contributed by atoms with Crippen LogP contribution in [-0.2, 0) is 16.0 Å². The molecule has 1 unspecified atom stereocenters. The largest absolute Gasteiger partial charge is 0.496 e. The number of amides is 4. The Balaban J connectivity index is 1.55. The molecule has 2 heterocycles. The zero-order valence-corrected chi connectivity index (χ0v) is 22.5. The Labute approximate surface area is 234 Å². The number of urea groups is 1. The number of amidine groups is 1. The van der Waals surface area contributed by atoms with Crippen molar-refractivity contribution in [2.24, 2.45) is 10.9 Å². The number of nitrogens with one attached hydrogen (secondary N) is 4. The fourth-order valence-electron chi connectivity index (χ4n) is 3.96. The number of methoxy groups -OCH3 is 1. The van der Waals surface area contributed by atoms with Crippen molar-refractivity contribution in [3.8, 4) is 11.5 Å². The molecule has 4 rings (SSSR count). The molecule has 14 nitrogen and oxygen atoms in total. The van der Waals surface area contributed by atoms with Gasteiger partial charge in [-0.2, -0.15) is 5.21 Å². The van der Waals surface area contributed by atoms with Crippen LogP contribution in [0, 0.1) is 5.92 Å². The molecule has 0 saturated heterocycles. The maximum absolute atomic E-state index is 13.7. The van der Waals surface area contributed by atoms with Crippen LogP contribution in [0.5, 0.6) is 11.5 Å². The normalized spacial score (nSPS) is 15.9. The predicted molar refractivity (Wildman–Crippen MR) is 145 cm³/mol. The van der Waals surface area contributed by atoms with Gasteiger partial charge in [0, 0.05) is 5.02 Å². The van der Waals surface area contributed by atoms with Crippen molar-refractivity contribution in [2.75, 3.05) is 25.5 Å². The number of carbonyl (C=O) groups excluding carboxylic acids is 3. The minimum absolute atomic E-state index is 0.0456. The van der Waals surface area contributed by atoms with Gasteiger partial charge in [0.1, 0.15) is 11.8 Å². The lowest BCUT2D eigenvalue weighted by molar-refractivity contribution is -0.131.